The largest absolute Gasteiger partial charge is 0.388 e. The van der Waals surface area contributed by atoms with Crippen LogP contribution in [0.4, 0.5) is 4.79 Å². The van der Waals surface area contributed by atoms with Gasteiger partial charge in [0.1, 0.15) is 23.7 Å². The number of aliphatic hydroxyl groups is 3. The second-order valence-electron chi connectivity index (χ2n) is 4.63. The van der Waals surface area contributed by atoms with Crippen molar-refractivity contribution in [3.8, 4) is 0 Å². The van der Waals surface area contributed by atoms with Crippen molar-refractivity contribution in [1.82, 2.24) is 0 Å². The first-order valence-electron chi connectivity index (χ1n) is 5.64. The van der Waals surface area contributed by atoms with Gasteiger partial charge in [0, 0.05) is 0 Å². The molecule has 0 aromatic heterocycles. The molecule has 2 rings (SSSR count). The van der Waals surface area contributed by atoms with Crippen LogP contribution in [0.2, 0.25) is 0 Å². The molecule has 0 aromatic rings. The molecule has 0 radical (unpaired) electrons. The third-order valence-corrected chi connectivity index (χ3v) is 4.02. The molecule has 0 bridgehead atoms. The maximum Gasteiger partial charge on any atom is 0.279 e. The molecule has 17 heavy (non-hydrogen) atoms. The first-order valence-corrected chi connectivity index (χ1v) is 6.52. The Morgan fingerprint density at radius 1 is 1.24 bits per heavy atom. The summed E-state index contributed by atoms with van der Waals surface area (Å²) in [5, 5.41) is 28.4. The molecule has 2 fully saturated rings. The fourth-order valence-corrected chi connectivity index (χ4v) is 2.73. The van der Waals surface area contributed by atoms with Crippen molar-refractivity contribution in [3.63, 3.8) is 0 Å². The predicted octanol–water partition coefficient (Wildman–Crippen LogP) is -0.594. The van der Waals surface area contributed by atoms with Crippen LogP contribution in [0.1, 0.15) is 19.3 Å². The van der Waals surface area contributed by atoms with E-state index < -0.39 is 35.1 Å². The number of thioether (sulfide) groups is 1. The Morgan fingerprint density at radius 3 is 2.41 bits per heavy atom. The smallest absolute Gasteiger partial charge is 0.279 e. The van der Waals surface area contributed by atoms with Gasteiger partial charge in [-0.2, -0.15) is 0 Å². The van der Waals surface area contributed by atoms with Crippen molar-refractivity contribution in [2.24, 2.45) is 11.7 Å². The Morgan fingerprint density at radius 2 is 1.88 bits per heavy atom. The standard InChI is InChI=1S/C10H17NO5S/c11-10(15)17-9-8(14)7(13)6(12)5(16-9)3-4-1-2-4/h4-9,12-14H,1-3H2,(H2,11,15). The molecule has 6 nitrogen and oxygen atoms in total. The lowest BCUT2D eigenvalue weighted by Crippen LogP contribution is -2.56. The quantitative estimate of drug-likeness (QED) is 0.541. The lowest BCUT2D eigenvalue weighted by atomic mass is 9.96. The number of primary amides is 1. The molecule has 1 heterocycles. The van der Waals surface area contributed by atoms with Crippen LogP contribution in [0.5, 0.6) is 0 Å². The Kier molecular flexibility index (Phi) is 3.94. The van der Waals surface area contributed by atoms with E-state index in [0.29, 0.717) is 24.1 Å². The molecular formula is C10H17NO5S. The molecule has 1 saturated carbocycles. The van der Waals surface area contributed by atoms with Crippen molar-refractivity contribution in [2.45, 2.75) is 49.1 Å². The van der Waals surface area contributed by atoms with Gasteiger partial charge in [-0.05, 0) is 24.1 Å². The van der Waals surface area contributed by atoms with Gasteiger partial charge in [-0.3, -0.25) is 4.79 Å². The molecule has 0 spiro atoms. The van der Waals surface area contributed by atoms with Crippen LogP contribution in [0.25, 0.3) is 0 Å². The molecule has 5 unspecified atom stereocenters. The van der Waals surface area contributed by atoms with Gasteiger partial charge in [0.2, 0.25) is 0 Å². The van der Waals surface area contributed by atoms with E-state index in [1.54, 1.807) is 0 Å². The van der Waals surface area contributed by atoms with Crippen LogP contribution < -0.4 is 5.73 Å². The van der Waals surface area contributed by atoms with E-state index in [9.17, 15) is 20.1 Å². The number of carbonyl (C=O) groups is 1. The van der Waals surface area contributed by atoms with Crippen molar-refractivity contribution in [3.05, 3.63) is 0 Å². The zero-order valence-corrected chi connectivity index (χ0v) is 10.0. The SMILES string of the molecule is NC(=O)SC1OC(CC2CC2)C(O)C(O)C1O. The van der Waals surface area contributed by atoms with E-state index in [-0.39, 0.29) is 0 Å². The Balaban J connectivity index is 1.99. The number of rotatable bonds is 3. The highest BCUT2D eigenvalue weighted by Gasteiger charge is 2.45. The lowest BCUT2D eigenvalue weighted by molar-refractivity contribution is -0.199. The fourth-order valence-electron chi connectivity index (χ4n) is 2.01. The highest BCUT2D eigenvalue weighted by atomic mass is 32.2. The number of aliphatic hydroxyl groups excluding tert-OH is 3. The van der Waals surface area contributed by atoms with E-state index in [1.807, 2.05) is 0 Å². The van der Waals surface area contributed by atoms with Crippen LogP contribution >= 0.6 is 11.8 Å². The van der Waals surface area contributed by atoms with Gasteiger partial charge in [-0.1, -0.05) is 12.8 Å². The molecule has 2 aliphatic rings. The van der Waals surface area contributed by atoms with Crippen LogP contribution in [-0.4, -0.2) is 50.4 Å². The first-order chi connectivity index (χ1) is 7.99. The van der Waals surface area contributed by atoms with E-state index in [2.05, 4.69) is 0 Å². The minimum absolute atomic E-state index is 0.510. The van der Waals surface area contributed by atoms with Crippen LogP contribution in [0, 0.1) is 5.92 Å². The maximum atomic E-state index is 10.8. The van der Waals surface area contributed by atoms with Crippen LogP contribution in [-0.2, 0) is 4.74 Å². The van der Waals surface area contributed by atoms with Gasteiger partial charge in [-0.15, -0.1) is 0 Å². The molecule has 5 atom stereocenters. The Labute approximate surface area is 103 Å². The molecule has 7 heteroatoms. The highest BCUT2D eigenvalue weighted by molar-refractivity contribution is 8.13. The van der Waals surface area contributed by atoms with E-state index >= 15 is 0 Å². The fraction of sp³-hybridized carbons (Fsp3) is 0.900. The third kappa shape index (κ3) is 3.11. The number of ether oxygens (including phenoxy) is 1. The molecule has 1 amide bonds. The van der Waals surface area contributed by atoms with Crippen molar-refractivity contribution >= 4 is 17.0 Å². The minimum atomic E-state index is -1.31. The van der Waals surface area contributed by atoms with Gasteiger partial charge in [0.05, 0.1) is 6.10 Å². The van der Waals surface area contributed by atoms with Gasteiger partial charge in [0.15, 0.2) is 0 Å². The number of hydrogen-bond donors (Lipinski definition) is 4. The monoisotopic (exact) mass is 263 g/mol. The van der Waals surface area contributed by atoms with E-state index in [0.717, 1.165) is 12.8 Å². The average Bonchev–Trinajstić information content (AvgIpc) is 3.05. The summed E-state index contributed by atoms with van der Waals surface area (Å²) >= 11 is 0.636. The number of amides is 1. The minimum Gasteiger partial charge on any atom is -0.388 e. The summed E-state index contributed by atoms with van der Waals surface area (Å²) in [5.41, 5.74) is 4.11. The molecule has 1 aliphatic heterocycles. The predicted molar refractivity (Wildman–Crippen MR) is 61.2 cm³/mol. The molecule has 0 aromatic carbocycles. The van der Waals surface area contributed by atoms with E-state index in [4.69, 9.17) is 10.5 Å². The summed E-state index contributed by atoms with van der Waals surface area (Å²) in [4.78, 5) is 10.8. The van der Waals surface area contributed by atoms with Crippen LogP contribution in [0.3, 0.4) is 0 Å². The van der Waals surface area contributed by atoms with Crippen molar-refractivity contribution in [2.75, 3.05) is 0 Å². The molecular weight excluding hydrogens is 246 g/mol. The third-order valence-electron chi connectivity index (χ3n) is 3.16. The summed E-state index contributed by atoms with van der Waals surface area (Å²) in [7, 11) is 0. The van der Waals surface area contributed by atoms with Gasteiger partial charge in [0.25, 0.3) is 5.24 Å². The Hall–Kier alpha value is -0.340. The zero-order valence-electron chi connectivity index (χ0n) is 9.23. The van der Waals surface area contributed by atoms with Gasteiger partial charge in [-0.25, -0.2) is 0 Å². The van der Waals surface area contributed by atoms with Gasteiger partial charge >= 0.3 is 0 Å². The summed E-state index contributed by atoms with van der Waals surface area (Å²) in [6.07, 6.45) is -1.44. The normalized spacial score (nSPS) is 42.4. The molecule has 1 saturated heterocycles. The summed E-state index contributed by atoms with van der Waals surface area (Å²) in [6.45, 7) is 0. The Bertz CT molecular complexity index is 298. The maximum absolute atomic E-state index is 10.8. The topological polar surface area (TPSA) is 113 Å². The lowest BCUT2D eigenvalue weighted by Gasteiger charge is -2.40. The number of carbonyl (C=O) groups excluding carboxylic acids is 1. The number of nitrogens with two attached hydrogens (primary N) is 1. The second-order valence-corrected chi connectivity index (χ2v) is 5.73. The van der Waals surface area contributed by atoms with Crippen molar-refractivity contribution in [1.29, 1.82) is 0 Å². The summed E-state index contributed by atoms with van der Waals surface area (Å²) < 4.78 is 5.45. The highest BCUT2D eigenvalue weighted by Crippen LogP contribution is 2.38. The molecule has 98 valence electrons. The van der Waals surface area contributed by atoms with E-state index in [1.165, 1.54) is 0 Å². The van der Waals surface area contributed by atoms with Crippen LogP contribution in [0.15, 0.2) is 0 Å². The summed E-state index contributed by atoms with van der Waals surface area (Å²) in [5.74, 6) is 0.510. The number of hydrogen-bond acceptors (Lipinski definition) is 6. The summed E-state index contributed by atoms with van der Waals surface area (Å²) in [6, 6.07) is 0. The first kappa shape index (κ1) is 13.1. The second kappa shape index (κ2) is 5.11. The van der Waals surface area contributed by atoms with Gasteiger partial charge < -0.3 is 25.8 Å². The zero-order chi connectivity index (χ0) is 12.6. The average molecular weight is 263 g/mol. The molecule has 1 aliphatic carbocycles. The van der Waals surface area contributed by atoms with Crippen molar-refractivity contribution < 1.29 is 24.9 Å². The molecule has 5 N–H and O–H groups in total.